The van der Waals surface area contributed by atoms with Gasteiger partial charge in [-0.05, 0) is 18.6 Å². The lowest BCUT2D eigenvalue weighted by Crippen LogP contribution is -2.24. The summed E-state index contributed by atoms with van der Waals surface area (Å²) in [4.78, 5) is 4.69. The number of hydrogen-bond acceptors (Lipinski definition) is 3. The van der Waals surface area contributed by atoms with Crippen LogP contribution in [0.2, 0.25) is 0 Å². The first-order valence-corrected chi connectivity index (χ1v) is 6.57. The Labute approximate surface area is 101 Å². The molecule has 1 N–H and O–H groups in total. The molecule has 3 heteroatoms. The van der Waals surface area contributed by atoms with E-state index in [2.05, 4.69) is 49.3 Å². The number of rotatable bonds is 4. The Kier molecular flexibility index (Phi) is 3.56. The summed E-state index contributed by atoms with van der Waals surface area (Å²) in [6.07, 6.45) is 1.02. The van der Waals surface area contributed by atoms with Gasteiger partial charge in [-0.25, -0.2) is 4.98 Å². The predicted molar refractivity (Wildman–Crippen MR) is 71.2 cm³/mol. The second-order valence-electron chi connectivity index (χ2n) is 4.39. The van der Waals surface area contributed by atoms with Crippen molar-refractivity contribution in [3.63, 3.8) is 0 Å². The molecule has 0 bridgehead atoms. The maximum absolute atomic E-state index is 4.69. The normalized spacial score (nSPS) is 11.5. The predicted octanol–water partition coefficient (Wildman–Crippen LogP) is 3.15. The number of para-hydroxylation sites is 1. The molecule has 86 valence electrons. The Bertz CT molecular complexity index is 474. The molecule has 0 aliphatic rings. The smallest absolute Gasteiger partial charge is 0.0951 e. The summed E-state index contributed by atoms with van der Waals surface area (Å²) >= 11 is 1.81. The number of fused-ring (bicyclic) bond motifs is 1. The minimum Gasteiger partial charge on any atom is -0.314 e. The van der Waals surface area contributed by atoms with Crippen molar-refractivity contribution in [1.82, 2.24) is 10.3 Å². The summed E-state index contributed by atoms with van der Waals surface area (Å²) in [7, 11) is 0. The zero-order valence-electron chi connectivity index (χ0n) is 10.1. The van der Waals surface area contributed by atoms with Gasteiger partial charge < -0.3 is 5.32 Å². The van der Waals surface area contributed by atoms with Crippen LogP contribution in [0, 0.1) is 6.92 Å². The van der Waals surface area contributed by atoms with E-state index in [4.69, 9.17) is 0 Å². The minimum absolute atomic E-state index is 0.552. The van der Waals surface area contributed by atoms with Gasteiger partial charge in [0.05, 0.1) is 15.2 Å². The van der Waals surface area contributed by atoms with E-state index in [9.17, 15) is 0 Å². The highest BCUT2D eigenvalue weighted by atomic mass is 32.1. The monoisotopic (exact) mass is 234 g/mol. The van der Waals surface area contributed by atoms with Gasteiger partial charge in [0.1, 0.15) is 0 Å². The molecule has 0 atom stereocenters. The van der Waals surface area contributed by atoms with Crippen molar-refractivity contribution >= 4 is 21.6 Å². The Morgan fingerprint density at radius 2 is 2.19 bits per heavy atom. The molecule has 0 spiro atoms. The van der Waals surface area contributed by atoms with Gasteiger partial charge in [0.25, 0.3) is 0 Å². The number of nitrogens with zero attached hydrogens (tertiary/aromatic N) is 1. The maximum atomic E-state index is 4.69. The number of hydrogen-bond donors (Lipinski definition) is 1. The topological polar surface area (TPSA) is 24.9 Å². The van der Waals surface area contributed by atoms with Crippen LogP contribution in [0.3, 0.4) is 0 Å². The molecule has 0 amide bonds. The summed E-state index contributed by atoms with van der Waals surface area (Å²) in [6.45, 7) is 7.47. The highest BCUT2D eigenvalue weighted by Crippen LogP contribution is 2.24. The largest absolute Gasteiger partial charge is 0.314 e. The van der Waals surface area contributed by atoms with Gasteiger partial charge in [0, 0.05) is 19.0 Å². The number of thiazole rings is 1. The van der Waals surface area contributed by atoms with Crippen molar-refractivity contribution in [2.24, 2.45) is 0 Å². The quantitative estimate of drug-likeness (QED) is 0.879. The molecule has 0 aliphatic heterocycles. The fraction of sp³-hybridized carbons (Fsp3) is 0.462. The van der Waals surface area contributed by atoms with Gasteiger partial charge in [-0.2, -0.15) is 0 Å². The first kappa shape index (κ1) is 11.6. The number of aromatic nitrogens is 1. The molecule has 1 aromatic carbocycles. The summed E-state index contributed by atoms with van der Waals surface area (Å²) in [6, 6.07) is 6.93. The first-order chi connectivity index (χ1) is 7.66. The van der Waals surface area contributed by atoms with Crippen LogP contribution < -0.4 is 5.32 Å². The lowest BCUT2D eigenvalue weighted by atomic mass is 10.2. The van der Waals surface area contributed by atoms with Crippen LogP contribution >= 0.6 is 11.3 Å². The molecular formula is C13H18N2S. The number of nitrogens with one attached hydrogen (secondary N) is 1. The van der Waals surface area contributed by atoms with E-state index in [0.29, 0.717) is 6.04 Å². The minimum atomic E-state index is 0.552. The Hall–Kier alpha value is -0.930. The second kappa shape index (κ2) is 4.93. The fourth-order valence-corrected chi connectivity index (χ4v) is 2.75. The van der Waals surface area contributed by atoms with E-state index in [0.717, 1.165) is 13.0 Å². The van der Waals surface area contributed by atoms with Crippen molar-refractivity contribution in [2.75, 3.05) is 6.54 Å². The van der Waals surface area contributed by atoms with Gasteiger partial charge >= 0.3 is 0 Å². The molecule has 0 unspecified atom stereocenters. The lowest BCUT2D eigenvalue weighted by molar-refractivity contribution is 0.590. The van der Waals surface area contributed by atoms with Crippen molar-refractivity contribution in [3.05, 3.63) is 28.8 Å². The molecule has 16 heavy (non-hydrogen) atoms. The summed E-state index contributed by atoms with van der Waals surface area (Å²) in [5.74, 6) is 0. The average molecular weight is 234 g/mol. The summed E-state index contributed by atoms with van der Waals surface area (Å²) in [5.41, 5.74) is 2.45. The van der Waals surface area contributed by atoms with E-state index in [1.165, 1.54) is 20.8 Å². The van der Waals surface area contributed by atoms with Crippen LogP contribution in [-0.4, -0.2) is 17.6 Å². The summed E-state index contributed by atoms with van der Waals surface area (Å²) < 4.78 is 1.31. The van der Waals surface area contributed by atoms with E-state index in [-0.39, 0.29) is 0 Å². The molecule has 0 radical (unpaired) electrons. The molecular weight excluding hydrogens is 216 g/mol. The van der Waals surface area contributed by atoms with Crippen molar-refractivity contribution < 1.29 is 0 Å². The van der Waals surface area contributed by atoms with Gasteiger partial charge in [-0.3, -0.25) is 0 Å². The highest BCUT2D eigenvalue weighted by molar-refractivity contribution is 7.18. The Morgan fingerprint density at radius 3 is 2.88 bits per heavy atom. The molecule has 1 heterocycles. The van der Waals surface area contributed by atoms with Crippen LogP contribution in [0.15, 0.2) is 18.2 Å². The zero-order chi connectivity index (χ0) is 11.5. The van der Waals surface area contributed by atoms with Crippen LogP contribution in [0.25, 0.3) is 10.2 Å². The third kappa shape index (κ3) is 2.60. The van der Waals surface area contributed by atoms with Crippen LogP contribution in [0.5, 0.6) is 0 Å². The molecule has 0 saturated carbocycles. The number of aryl methyl sites for hydroxylation is 1. The maximum Gasteiger partial charge on any atom is 0.0951 e. The molecule has 1 aromatic heterocycles. The molecule has 2 nitrogen and oxygen atoms in total. The third-order valence-corrected chi connectivity index (χ3v) is 3.64. The fourth-order valence-electron chi connectivity index (χ4n) is 1.71. The highest BCUT2D eigenvalue weighted by Gasteiger charge is 2.05. The van der Waals surface area contributed by atoms with Crippen LogP contribution in [0.1, 0.15) is 24.4 Å². The average Bonchev–Trinajstić information content (AvgIpc) is 2.61. The first-order valence-electron chi connectivity index (χ1n) is 5.75. The van der Waals surface area contributed by atoms with E-state index in [1.807, 2.05) is 11.3 Å². The van der Waals surface area contributed by atoms with E-state index < -0.39 is 0 Å². The van der Waals surface area contributed by atoms with Crippen molar-refractivity contribution in [1.29, 1.82) is 0 Å². The van der Waals surface area contributed by atoms with Crippen molar-refractivity contribution in [3.8, 4) is 0 Å². The molecule has 0 fully saturated rings. The molecule has 2 aromatic rings. The Morgan fingerprint density at radius 1 is 1.38 bits per heavy atom. The summed E-state index contributed by atoms with van der Waals surface area (Å²) in [5, 5.41) is 4.65. The van der Waals surface area contributed by atoms with E-state index >= 15 is 0 Å². The van der Waals surface area contributed by atoms with Gasteiger partial charge in [-0.1, -0.05) is 26.0 Å². The molecule has 2 rings (SSSR count). The number of benzene rings is 1. The SMILES string of the molecule is Cc1cccc2sc(CCNC(C)C)nc12. The third-order valence-electron chi connectivity index (χ3n) is 2.56. The van der Waals surface area contributed by atoms with Gasteiger partial charge in [0.2, 0.25) is 0 Å². The van der Waals surface area contributed by atoms with Gasteiger partial charge in [0.15, 0.2) is 0 Å². The van der Waals surface area contributed by atoms with Crippen LogP contribution in [-0.2, 0) is 6.42 Å². The molecule has 0 saturated heterocycles. The lowest BCUT2D eigenvalue weighted by Gasteiger charge is -2.05. The van der Waals surface area contributed by atoms with E-state index in [1.54, 1.807) is 0 Å². The standard InChI is InChI=1S/C13H18N2S/c1-9(2)14-8-7-12-15-13-10(3)5-4-6-11(13)16-12/h4-6,9,14H,7-8H2,1-3H3. The second-order valence-corrected chi connectivity index (χ2v) is 5.50. The van der Waals surface area contributed by atoms with Crippen LogP contribution in [0.4, 0.5) is 0 Å². The molecule has 0 aliphatic carbocycles. The Balaban J connectivity index is 2.11. The zero-order valence-corrected chi connectivity index (χ0v) is 10.9. The van der Waals surface area contributed by atoms with Gasteiger partial charge in [-0.15, -0.1) is 11.3 Å². The van der Waals surface area contributed by atoms with Crippen molar-refractivity contribution in [2.45, 2.75) is 33.2 Å².